The number of carbonyl (C=O) groups excluding carboxylic acids is 1. The number of thioether (sulfide) groups is 1. The van der Waals surface area contributed by atoms with E-state index in [-0.39, 0.29) is 12.5 Å². The van der Waals surface area contributed by atoms with Gasteiger partial charge >= 0.3 is 0 Å². The molecule has 156 valence electrons. The number of rotatable bonds is 8. The number of aromatic nitrogens is 3. The summed E-state index contributed by atoms with van der Waals surface area (Å²) in [4.78, 5) is 16.9. The summed E-state index contributed by atoms with van der Waals surface area (Å²) in [5, 5.41) is 11.3. The van der Waals surface area contributed by atoms with Gasteiger partial charge in [-0.3, -0.25) is 9.89 Å². The quantitative estimate of drug-likeness (QED) is 0.342. The van der Waals surface area contributed by atoms with E-state index in [2.05, 4.69) is 20.5 Å². The van der Waals surface area contributed by atoms with Crippen molar-refractivity contribution in [1.82, 2.24) is 15.2 Å². The van der Waals surface area contributed by atoms with E-state index in [1.165, 1.54) is 11.8 Å². The summed E-state index contributed by atoms with van der Waals surface area (Å²) < 4.78 is 5.67. The first-order chi connectivity index (χ1) is 15.2. The van der Waals surface area contributed by atoms with Gasteiger partial charge in [-0.1, -0.05) is 53.7 Å². The Morgan fingerprint density at radius 1 is 1.03 bits per heavy atom. The number of para-hydroxylation sites is 1. The van der Waals surface area contributed by atoms with Crippen molar-refractivity contribution < 1.29 is 9.53 Å². The van der Waals surface area contributed by atoms with Crippen LogP contribution in [0.2, 0.25) is 5.02 Å². The fourth-order valence-corrected chi connectivity index (χ4v) is 3.65. The largest absolute Gasteiger partial charge is 0.486 e. The maximum absolute atomic E-state index is 12.5. The molecule has 3 aromatic carbocycles. The summed E-state index contributed by atoms with van der Waals surface area (Å²) in [6.07, 6.45) is 0. The van der Waals surface area contributed by atoms with Crippen molar-refractivity contribution in [3.05, 3.63) is 101 Å². The molecule has 0 atom stereocenters. The SMILES string of the molecule is O=C(Nc1ccccc1)c1cccc(CSc2n[nH]c(COc3ccc(Cl)cc3)n2)c1. The zero-order valence-corrected chi connectivity index (χ0v) is 18.0. The predicted octanol–water partition coefficient (Wildman–Crippen LogP) is 5.58. The molecule has 4 aromatic rings. The third kappa shape index (κ3) is 6.10. The third-order valence-electron chi connectivity index (χ3n) is 4.29. The molecule has 31 heavy (non-hydrogen) atoms. The molecule has 0 aliphatic rings. The van der Waals surface area contributed by atoms with Crippen LogP contribution in [0.25, 0.3) is 0 Å². The molecule has 1 amide bonds. The van der Waals surface area contributed by atoms with Gasteiger partial charge in [0.05, 0.1) is 0 Å². The van der Waals surface area contributed by atoms with Gasteiger partial charge in [0.2, 0.25) is 5.16 Å². The van der Waals surface area contributed by atoms with Crippen LogP contribution in [-0.4, -0.2) is 21.1 Å². The Balaban J connectivity index is 1.31. The van der Waals surface area contributed by atoms with Gasteiger partial charge in [-0.15, -0.1) is 5.10 Å². The van der Waals surface area contributed by atoms with Gasteiger partial charge in [-0.25, -0.2) is 4.98 Å². The van der Waals surface area contributed by atoms with Gasteiger partial charge in [0, 0.05) is 22.0 Å². The van der Waals surface area contributed by atoms with Crippen LogP contribution in [-0.2, 0) is 12.4 Å². The molecule has 0 saturated heterocycles. The molecule has 1 heterocycles. The fourth-order valence-electron chi connectivity index (χ4n) is 2.76. The molecule has 1 aromatic heterocycles. The summed E-state index contributed by atoms with van der Waals surface area (Å²) in [6.45, 7) is 0.282. The zero-order valence-electron chi connectivity index (χ0n) is 16.4. The number of nitrogens with zero attached hydrogens (tertiary/aromatic N) is 2. The minimum atomic E-state index is -0.141. The topological polar surface area (TPSA) is 79.9 Å². The molecular formula is C23H19ClN4O2S. The van der Waals surface area contributed by atoms with Crippen molar-refractivity contribution in [1.29, 1.82) is 0 Å². The van der Waals surface area contributed by atoms with Crippen molar-refractivity contribution in [2.45, 2.75) is 17.5 Å². The van der Waals surface area contributed by atoms with Crippen molar-refractivity contribution >= 4 is 35.0 Å². The number of carbonyl (C=O) groups is 1. The van der Waals surface area contributed by atoms with Crippen molar-refractivity contribution in [3.63, 3.8) is 0 Å². The number of H-pyrrole nitrogens is 1. The van der Waals surface area contributed by atoms with Gasteiger partial charge in [-0.05, 0) is 54.1 Å². The molecule has 0 aliphatic carbocycles. The summed E-state index contributed by atoms with van der Waals surface area (Å²) in [6, 6.07) is 24.1. The molecular weight excluding hydrogens is 432 g/mol. The normalized spacial score (nSPS) is 10.6. The Morgan fingerprint density at radius 2 is 1.84 bits per heavy atom. The van der Waals surface area contributed by atoms with Gasteiger partial charge in [0.15, 0.2) is 5.82 Å². The standard InChI is InChI=1S/C23H19ClN4O2S/c24-18-9-11-20(12-10-18)30-14-21-26-23(28-27-21)31-15-16-5-4-6-17(13-16)22(29)25-19-7-2-1-3-8-19/h1-13H,14-15H2,(H,25,29)(H,26,27,28). The molecule has 0 unspecified atom stereocenters. The maximum atomic E-state index is 12.5. The lowest BCUT2D eigenvalue weighted by Gasteiger charge is -2.06. The van der Waals surface area contributed by atoms with E-state index in [1.54, 1.807) is 30.3 Å². The second kappa shape index (κ2) is 10.1. The lowest BCUT2D eigenvalue weighted by Crippen LogP contribution is -2.11. The summed E-state index contributed by atoms with van der Waals surface area (Å²) in [7, 11) is 0. The zero-order chi connectivity index (χ0) is 21.5. The van der Waals surface area contributed by atoms with E-state index >= 15 is 0 Å². The predicted molar refractivity (Wildman–Crippen MR) is 123 cm³/mol. The van der Waals surface area contributed by atoms with Crippen LogP contribution in [0.3, 0.4) is 0 Å². The third-order valence-corrected chi connectivity index (χ3v) is 5.46. The monoisotopic (exact) mass is 450 g/mol. The highest BCUT2D eigenvalue weighted by Crippen LogP contribution is 2.21. The molecule has 0 saturated carbocycles. The second-order valence-corrected chi connectivity index (χ2v) is 8.00. The van der Waals surface area contributed by atoms with Crippen LogP contribution < -0.4 is 10.1 Å². The molecule has 4 rings (SSSR count). The molecule has 2 N–H and O–H groups in total. The minimum Gasteiger partial charge on any atom is -0.486 e. The van der Waals surface area contributed by atoms with Crippen LogP contribution in [0.5, 0.6) is 5.75 Å². The first kappa shape index (κ1) is 21.0. The first-order valence-electron chi connectivity index (χ1n) is 9.53. The van der Waals surface area contributed by atoms with Crippen LogP contribution in [0.1, 0.15) is 21.7 Å². The lowest BCUT2D eigenvalue weighted by atomic mass is 10.1. The van der Waals surface area contributed by atoms with Gasteiger partial charge in [0.25, 0.3) is 5.91 Å². The molecule has 0 aliphatic heterocycles. The highest BCUT2D eigenvalue weighted by atomic mass is 35.5. The van der Waals surface area contributed by atoms with E-state index in [9.17, 15) is 4.79 Å². The van der Waals surface area contributed by atoms with Crippen LogP contribution in [0, 0.1) is 0 Å². The number of aromatic amines is 1. The average molecular weight is 451 g/mol. The number of halogens is 1. The van der Waals surface area contributed by atoms with Crippen molar-refractivity contribution in [3.8, 4) is 5.75 Å². The number of ether oxygens (including phenoxy) is 1. The van der Waals surface area contributed by atoms with E-state index in [0.29, 0.717) is 33.1 Å². The number of anilines is 1. The Hall–Kier alpha value is -3.29. The van der Waals surface area contributed by atoms with Crippen molar-refractivity contribution in [2.24, 2.45) is 0 Å². The van der Waals surface area contributed by atoms with E-state index in [4.69, 9.17) is 16.3 Å². The summed E-state index contributed by atoms with van der Waals surface area (Å²) in [5.41, 5.74) is 2.38. The van der Waals surface area contributed by atoms with E-state index < -0.39 is 0 Å². The summed E-state index contributed by atoms with van der Waals surface area (Å²) in [5.74, 6) is 1.84. The fraction of sp³-hybridized carbons (Fsp3) is 0.0870. The van der Waals surface area contributed by atoms with Gasteiger partial charge in [0.1, 0.15) is 12.4 Å². The Morgan fingerprint density at radius 3 is 2.65 bits per heavy atom. The molecule has 0 radical (unpaired) electrons. The van der Waals surface area contributed by atoms with Crippen LogP contribution >= 0.6 is 23.4 Å². The van der Waals surface area contributed by atoms with Crippen LogP contribution in [0.15, 0.2) is 84.0 Å². The number of hydrogen-bond acceptors (Lipinski definition) is 5. The van der Waals surface area contributed by atoms with E-state index in [0.717, 1.165) is 11.3 Å². The molecule has 0 fully saturated rings. The first-order valence-corrected chi connectivity index (χ1v) is 10.9. The smallest absolute Gasteiger partial charge is 0.255 e. The molecule has 0 spiro atoms. The molecule has 0 bridgehead atoms. The van der Waals surface area contributed by atoms with E-state index in [1.807, 2.05) is 48.5 Å². The van der Waals surface area contributed by atoms with Crippen molar-refractivity contribution in [2.75, 3.05) is 5.32 Å². The highest BCUT2D eigenvalue weighted by molar-refractivity contribution is 7.98. The molecule has 6 nitrogen and oxygen atoms in total. The summed E-state index contributed by atoms with van der Waals surface area (Å²) >= 11 is 7.36. The minimum absolute atomic E-state index is 0.141. The van der Waals surface area contributed by atoms with Gasteiger partial charge in [-0.2, -0.15) is 0 Å². The number of benzene rings is 3. The number of hydrogen-bond donors (Lipinski definition) is 2. The lowest BCUT2D eigenvalue weighted by molar-refractivity contribution is 0.102. The Kier molecular flexibility index (Phi) is 6.86. The van der Waals surface area contributed by atoms with Crippen LogP contribution in [0.4, 0.5) is 5.69 Å². The van der Waals surface area contributed by atoms with Gasteiger partial charge < -0.3 is 10.1 Å². The Bertz CT molecular complexity index is 1150. The molecule has 8 heteroatoms. The highest BCUT2D eigenvalue weighted by Gasteiger charge is 2.09. The second-order valence-electron chi connectivity index (χ2n) is 6.62. The Labute approximate surface area is 189 Å². The average Bonchev–Trinajstić information content (AvgIpc) is 3.26. The maximum Gasteiger partial charge on any atom is 0.255 e. The number of nitrogens with one attached hydrogen (secondary N) is 2. The number of amides is 1.